The first kappa shape index (κ1) is 21.6. The van der Waals surface area contributed by atoms with Crippen LogP contribution >= 0.6 is 0 Å². The molecule has 1 heterocycles. The molecule has 158 valence electrons. The van der Waals surface area contributed by atoms with Crippen molar-refractivity contribution in [2.45, 2.75) is 25.6 Å². The highest BCUT2D eigenvalue weighted by Gasteiger charge is 2.30. The quantitative estimate of drug-likeness (QED) is 0.740. The lowest BCUT2D eigenvalue weighted by Gasteiger charge is -2.30. The number of hydrogen-bond donors (Lipinski definition) is 1. The standard InChI is InChI=1S/C23H23F3N2O2/c24-23(25,26)20-9-6-18(7-10-20)16-27-22(30)19-12-14-28(15-13-19)21(29)11-8-17-4-2-1-3-5-17/h1-11,19H,12-16H2,(H,27,30)/b11-8+. The first-order valence-corrected chi connectivity index (χ1v) is 9.79. The molecule has 2 amide bonds. The second-order valence-corrected chi connectivity index (χ2v) is 7.26. The molecule has 7 heteroatoms. The summed E-state index contributed by atoms with van der Waals surface area (Å²) in [7, 11) is 0. The molecule has 0 atom stereocenters. The van der Waals surface area contributed by atoms with Gasteiger partial charge in [0, 0.05) is 31.6 Å². The third-order valence-electron chi connectivity index (χ3n) is 5.14. The molecule has 0 bridgehead atoms. The summed E-state index contributed by atoms with van der Waals surface area (Å²) in [6.07, 6.45) is 0.0581. The summed E-state index contributed by atoms with van der Waals surface area (Å²) in [6.45, 7) is 1.17. The summed E-state index contributed by atoms with van der Waals surface area (Å²) < 4.78 is 37.8. The number of hydrogen-bond acceptors (Lipinski definition) is 2. The Kier molecular flexibility index (Phi) is 6.92. The zero-order valence-corrected chi connectivity index (χ0v) is 16.4. The van der Waals surface area contributed by atoms with Crippen molar-refractivity contribution < 1.29 is 22.8 Å². The first-order chi connectivity index (χ1) is 14.3. The van der Waals surface area contributed by atoms with Gasteiger partial charge in [0.2, 0.25) is 11.8 Å². The molecule has 0 unspecified atom stereocenters. The molecule has 0 saturated carbocycles. The zero-order valence-electron chi connectivity index (χ0n) is 16.4. The number of alkyl halides is 3. The molecule has 0 aliphatic carbocycles. The SMILES string of the molecule is O=C(NCc1ccc(C(F)(F)F)cc1)C1CCN(C(=O)/C=C/c2ccccc2)CC1. The maximum Gasteiger partial charge on any atom is 0.416 e. The number of rotatable bonds is 5. The number of carbonyl (C=O) groups excluding carboxylic acids is 2. The van der Waals surface area contributed by atoms with E-state index in [1.165, 1.54) is 12.1 Å². The van der Waals surface area contributed by atoms with Gasteiger partial charge in [-0.05, 0) is 42.2 Å². The highest BCUT2D eigenvalue weighted by molar-refractivity contribution is 5.92. The number of likely N-dealkylation sites (tertiary alicyclic amines) is 1. The summed E-state index contributed by atoms with van der Waals surface area (Å²) in [4.78, 5) is 26.4. The van der Waals surface area contributed by atoms with Crippen LogP contribution in [0.3, 0.4) is 0 Å². The van der Waals surface area contributed by atoms with Crippen LogP contribution in [0.4, 0.5) is 13.2 Å². The topological polar surface area (TPSA) is 49.4 Å². The molecule has 2 aromatic rings. The lowest BCUT2D eigenvalue weighted by Crippen LogP contribution is -2.42. The van der Waals surface area contributed by atoms with Crippen LogP contribution < -0.4 is 5.32 Å². The number of nitrogens with one attached hydrogen (secondary N) is 1. The van der Waals surface area contributed by atoms with E-state index in [4.69, 9.17) is 0 Å². The van der Waals surface area contributed by atoms with Crippen LogP contribution in [0.5, 0.6) is 0 Å². The van der Waals surface area contributed by atoms with Crippen LogP contribution in [0, 0.1) is 5.92 Å². The van der Waals surface area contributed by atoms with Crippen molar-refractivity contribution >= 4 is 17.9 Å². The minimum absolute atomic E-state index is 0.0811. The van der Waals surface area contributed by atoms with E-state index in [1.807, 2.05) is 30.3 Å². The van der Waals surface area contributed by atoms with Gasteiger partial charge < -0.3 is 10.2 Å². The van der Waals surface area contributed by atoms with E-state index in [9.17, 15) is 22.8 Å². The number of benzene rings is 2. The number of amides is 2. The smallest absolute Gasteiger partial charge is 0.352 e. The first-order valence-electron chi connectivity index (χ1n) is 9.79. The molecule has 1 aliphatic rings. The van der Waals surface area contributed by atoms with Crippen molar-refractivity contribution in [3.8, 4) is 0 Å². The molecule has 30 heavy (non-hydrogen) atoms. The third-order valence-corrected chi connectivity index (χ3v) is 5.14. The van der Waals surface area contributed by atoms with Gasteiger partial charge in [0.15, 0.2) is 0 Å². The molecule has 1 fully saturated rings. The summed E-state index contributed by atoms with van der Waals surface area (Å²) in [5, 5.41) is 2.78. The van der Waals surface area contributed by atoms with Gasteiger partial charge in [-0.15, -0.1) is 0 Å². The van der Waals surface area contributed by atoms with Gasteiger partial charge in [0.25, 0.3) is 0 Å². The minimum Gasteiger partial charge on any atom is -0.352 e. The van der Waals surface area contributed by atoms with Gasteiger partial charge in [-0.1, -0.05) is 42.5 Å². The monoisotopic (exact) mass is 416 g/mol. The largest absolute Gasteiger partial charge is 0.416 e. The van der Waals surface area contributed by atoms with Crippen LogP contribution in [0.2, 0.25) is 0 Å². The molecule has 1 N–H and O–H groups in total. The normalized spacial score (nSPS) is 15.4. The number of halogens is 3. The fourth-order valence-electron chi connectivity index (χ4n) is 3.34. The Morgan fingerprint density at radius 3 is 2.23 bits per heavy atom. The molecule has 0 aromatic heterocycles. The van der Waals surface area contributed by atoms with Crippen LogP contribution in [0.15, 0.2) is 60.7 Å². The van der Waals surface area contributed by atoms with E-state index in [-0.39, 0.29) is 24.3 Å². The van der Waals surface area contributed by atoms with Crippen molar-refractivity contribution in [1.29, 1.82) is 0 Å². The van der Waals surface area contributed by atoms with Crippen LogP contribution in [0.25, 0.3) is 6.08 Å². The molecular formula is C23H23F3N2O2. The predicted octanol–water partition coefficient (Wildman–Crippen LogP) is 4.27. The number of piperidine rings is 1. The summed E-state index contributed by atoms with van der Waals surface area (Å²) in [5.74, 6) is -0.425. The van der Waals surface area contributed by atoms with Crippen molar-refractivity contribution in [1.82, 2.24) is 10.2 Å². The van der Waals surface area contributed by atoms with E-state index < -0.39 is 11.7 Å². The molecule has 1 aliphatic heterocycles. The molecule has 4 nitrogen and oxygen atoms in total. The van der Waals surface area contributed by atoms with Crippen LogP contribution in [-0.2, 0) is 22.3 Å². The Labute approximate surface area is 173 Å². The third kappa shape index (κ3) is 5.95. The molecule has 0 radical (unpaired) electrons. The Morgan fingerprint density at radius 2 is 1.63 bits per heavy atom. The average Bonchev–Trinajstić information content (AvgIpc) is 2.76. The van der Waals surface area contributed by atoms with Gasteiger partial charge in [0.05, 0.1) is 5.56 Å². The molecule has 3 rings (SSSR count). The molecule has 2 aromatic carbocycles. The highest BCUT2D eigenvalue weighted by atomic mass is 19.4. The van der Waals surface area contributed by atoms with Gasteiger partial charge in [-0.3, -0.25) is 9.59 Å². The highest BCUT2D eigenvalue weighted by Crippen LogP contribution is 2.29. The number of carbonyl (C=O) groups is 2. The van der Waals surface area contributed by atoms with Gasteiger partial charge in [-0.25, -0.2) is 0 Å². The minimum atomic E-state index is -4.37. The van der Waals surface area contributed by atoms with E-state index >= 15 is 0 Å². The average molecular weight is 416 g/mol. The van der Waals surface area contributed by atoms with Crippen LogP contribution in [-0.4, -0.2) is 29.8 Å². The van der Waals surface area contributed by atoms with Gasteiger partial charge in [0.1, 0.15) is 0 Å². The summed E-state index contributed by atoms with van der Waals surface area (Å²) in [6, 6.07) is 14.3. The summed E-state index contributed by atoms with van der Waals surface area (Å²) in [5.41, 5.74) is 0.842. The molecule has 1 saturated heterocycles. The molecular weight excluding hydrogens is 393 g/mol. The second kappa shape index (κ2) is 9.61. The Morgan fingerprint density at radius 1 is 1.00 bits per heavy atom. The fraction of sp³-hybridized carbons (Fsp3) is 0.304. The maximum atomic E-state index is 12.6. The molecule has 0 spiro atoms. The summed E-state index contributed by atoms with van der Waals surface area (Å²) >= 11 is 0. The van der Waals surface area contributed by atoms with Crippen molar-refractivity contribution in [2.75, 3.05) is 13.1 Å². The van der Waals surface area contributed by atoms with Crippen molar-refractivity contribution in [2.24, 2.45) is 5.92 Å². The fourth-order valence-corrected chi connectivity index (χ4v) is 3.34. The number of nitrogens with zero attached hydrogens (tertiary/aromatic N) is 1. The van der Waals surface area contributed by atoms with Crippen molar-refractivity contribution in [3.63, 3.8) is 0 Å². The predicted molar refractivity (Wildman–Crippen MR) is 108 cm³/mol. The maximum absolute atomic E-state index is 12.6. The second-order valence-electron chi connectivity index (χ2n) is 7.26. The van der Waals surface area contributed by atoms with Crippen molar-refractivity contribution in [3.05, 3.63) is 77.4 Å². The lowest BCUT2D eigenvalue weighted by molar-refractivity contribution is -0.137. The Bertz CT molecular complexity index is 885. The van der Waals surface area contributed by atoms with E-state index in [2.05, 4.69) is 5.32 Å². The van der Waals surface area contributed by atoms with E-state index in [0.717, 1.165) is 17.7 Å². The van der Waals surface area contributed by atoms with E-state index in [0.29, 0.717) is 31.5 Å². The van der Waals surface area contributed by atoms with E-state index in [1.54, 1.807) is 17.1 Å². The van der Waals surface area contributed by atoms with Gasteiger partial charge in [-0.2, -0.15) is 13.2 Å². The lowest BCUT2D eigenvalue weighted by atomic mass is 9.95. The van der Waals surface area contributed by atoms with Crippen LogP contribution in [0.1, 0.15) is 29.5 Å². The zero-order chi connectivity index (χ0) is 21.6. The Hall–Kier alpha value is -3.09. The Balaban J connectivity index is 1.43. The van der Waals surface area contributed by atoms with Gasteiger partial charge >= 0.3 is 6.18 Å².